The molecule has 0 fully saturated rings. The van der Waals surface area contributed by atoms with Gasteiger partial charge in [0.15, 0.2) is 0 Å². The number of benzene rings is 1. The van der Waals surface area contributed by atoms with Crippen molar-refractivity contribution in [2.45, 2.75) is 17.0 Å². The number of nitrogens with two attached hydrogens (primary N) is 1. The lowest BCUT2D eigenvalue weighted by molar-refractivity contribution is -0.387. The van der Waals surface area contributed by atoms with Gasteiger partial charge in [0, 0.05) is 11.1 Å². The second kappa shape index (κ2) is 4.83. The first-order valence-electron chi connectivity index (χ1n) is 4.78. The molecule has 9 heteroatoms. The van der Waals surface area contributed by atoms with Crippen molar-refractivity contribution in [2.24, 2.45) is 0 Å². The van der Waals surface area contributed by atoms with Crippen molar-refractivity contribution in [3.8, 4) is 0 Å². The Morgan fingerprint density at radius 1 is 1.50 bits per heavy atom. The molecule has 0 aliphatic rings. The van der Waals surface area contributed by atoms with E-state index in [-0.39, 0.29) is 5.69 Å². The molecular weight excluding hydrogens is 278 g/mol. The van der Waals surface area contributed by atoms with Gasteiger partial charge in [0.25, 0.3) is 5.69 Å². The van der Waals surface area contributed by atoms with Gasteiger partial charge in [0.2, 0.25) is 5.16 Å². The summed E-state index contributed by atoms with van der Waals surface area (Å²) in [5, 5.41) is 19.2. The molecule has 1 heterocycles. The number of aromatic nitrogens is 3. The molecule has 0 radical (unpaired) electrons. The Labute approximate surface area is 111 Å². The van der Waals surface area contributed by atoms with Gasteiger partial charge in [-0.25, -0.2) is 4.68 Å². The minimum absolute atomic E-state index is 0.0897. The lowest BCUT2D eigenvalue weighted by atomic mass is 10.3. The summed E-state index contributed by atoms with van der Waals surface area (Å²) in [4.78, 5) is 10.8. The van der Waals surface area contributed by atoms with E-state index in [9.17, 15) is 10.1 Å². The molecule has 2 N–H and O–H groups in total. The van der Waals surface area contributed by atoms with Gasteiger partial charge in [-0.15, -0.1) is 10.2 Å². The van der Waals surface area contributed by atoms with Crippen molar-refractivity contribution in [3.05, 3.63) is 39.2 Å². The summed E-state index contributed by atoms with van der Waals surface area (Å²) in [5.41, 5.74) is -0.0897. The van der Waals surface area contributed by atoms with Crippen LogP contribution < -0.4 is 5.84 Å². The minimum Gasteiger partial charge on any atom is -0.336 e. The van der Waals surface area contributed by atoms with E-state index in [4.69, 9.17) is 17.4 Å². The van der Waals surface area contributed by atoms with Crippen LogP contribution in [0.5, 0.6) is 0 Å². The van der Waals surface area contributed by atoms with Crippen molar-refractivity contribution in [1.82, 2.24) is 14.9 Å². The van der Waals surface area contributed by atoms with Crippen molar-refractivity contribution in [3.63, 3.8) is 0 Å². The molecular formula is C9H8ClN5O2S. The van der Waals surface area contributed by atoms with Gasteiger partial charge < -0.3 is 5.84 Å². The van der Waals surface area contributed by atoms with Crippen LogP contribution in [0.4, 0.5) is 5.69 Å². The molecule has 0 unspecified atom stereocenters. The van der Waals surface area contributed by atoms with Gasteiger partial charge in [-0.05, 0) is 30.8 Å². The first-order valence-corrected chi connectivity index (χ1v) is 5.97. The molecule has 0 aliphatic heterocycles. The average Bonchev–Trinajstić information content (AvgIpc) is 2.63. The van der Waals surface area contributed by atoms with Crippen molar-refractivity contribution in [2.75, 3.05) is 5.84 Å². The van der Waals surface area contributed by atoms with Gasteiger partial charge >= 0.3 is 0 Å². The zero-order valence-corrected chi connectivity index (χ0v) is 10.8. The maximum atomic E-state index is 10.9. The summed E-state index contributed by atoms with van der Waals surface area (Å²) in [6, 6.07) is 4.41. The Bertz CT molecular complexity index is 615. The van der Waals surface area contributed by atoms with E-state index in [1.807, 2.05) is 0 Å². The highest BCUT2D eigenvalue weighted by Gasteiger charge is 2.18. The van der Waals surface area contributed by atoms with E-state index >= 15 is 0 Å². The van der Waals surface area contributed by atoms with Crippen LogP contribution in [0.25, 0.3) is 0 Å². The standard InChI is InChI=1S/C9H8ClN5O2S/c1-5-12-13-9(14(5)11)18-8-3-2-6(10)4-7(8)15(16)17/h2-4H,11H2,1H3. The smallest absolute Gasteiger partial charge is 0.284 e. The summed E-state index contributed by atoms with van der Waals surface area (Å²) in [5.74, 6) is 6.20. The van der Waals surface area contributed by atoms with Crippen LogP contribution >= 0.6 is 23.4 Å². The number of halogens is 1. The molecule has 0 aliphatic carbocycles. The summed E-state index contributed by atoms with van der Waals surface area (Å²) in [7, 11) is 0. The number of nitro groups is 1. The molecule has 2 rings (SSSR count). The van der Waals surface area contributed by atoms with Crippen LogP contribution in [0.3, 0.4) is 0 Å². The number of rotatable bonds is 3. The third-order valence-corrected chi connectivity index (χ3v) is 3.42. The van der Waals surface area contributed by atoms with Crippen LogP contribution in [0, 0.1) is 17.0 Å². The molecule has 7 nitrogen and oxygen atoms in total. The summed E-state index contributed by atoms with van der Waals surface area (Å²) in [6.07, 6.45) is 0. The molecule has 2 aromatic rings. The van der Waals surface area contributed by atoms with E-state index in [2.05, 4.69) is 10.2 Å². The molecule has 0 spiro atoms. The molecule has 94 valence electrons. The van der Waals surface area contributed by atoms with Crippen molar-refractivity contribution >= 4 is 29.1 Å². The number of nitrogen functional groups attached to an aromatic ring is 1. The third-order valence-electron chi connectivity index (χ3n) is 2.15. The zero-order chi connectivity index (χ0) is 13.3. The first kappa shape index (κ1) is 12.7. The lowest BCUT2D eigenvalue weighted by Crippen LogP contribution is -2.11. The Hall–Kier alpha value is -1.80. The van der Waals surface area contributed by atoms with Crippen LogP contribution in [0.15, 0.2) is 28.3 Å². The highest BCUT2D eigenvalue weighted by molar-refractivity contribution is 7.99. The quantitative estimate of drug-likeness (QED) is 0.526. The van der Waals surface area contributed by atoms with Gasteiger partial charge in [-0.3, -0.25) is 10.1 Å². The maximum absolute atomic E-state index is 10.9. The number of hydrogen-bond acceptors (Lipinski definition) is 6. The number of aryl methyl sites for hydroxylation is 1. The van der Waals surface area contributed by atoms with E-state index in [1.54, 1.807) is 19.1 Å². The first-order chi connectivity index (χ1) is 8.49. The summed E-state index contributed by atoms with van der Waals surface area (Å²) < 4.78 is 1.27. The summed E-state index contributed by atoms with van der Waals surface area (Å²) >= 11 is 6.79. The van der Waals surface area contributed by atoms with Gasteiger partial charge in [-0.1, -0.05) is 11.6 Å². The Morgan fingerprint density at radius 3 is 2.78 bits per heavy atom. The largest absolute Gasteiger partial charge is 0.336 e. The molecule has 1 aromatic carbocycles. The van der Waals surface area contributed by atoms with Crippen LogP contribution in [0.2, 0.25) is 5.02 Å². The highest BCUT2D eigenvalue weighted by Crippen LogP contribution is 2.35. The second-order valence-electron chi connectivity index (χ2n) is 3.37. The lowest BCUT2D eigenvalue weighted by Gasteiger charge is -2.03. The molecule has 0 saturated carbocycles. The topological polar surface area (TPSA) is 99.9 Å². The minimum atomic E-state index is -0.502. The monoisotopic (exact) mass is 285 g/mol. The van der Waals surface area contributed by atoms with E-state index in [0.717, 1.165) is 11.8 Å². The fraction of sp³-hybridized carbons (Fsp3) is 0.111. The van der Waals surface area contributed by atoms with Gasteiger partial charge in [-0.2, -0.15) is 0 Å². The normalized spacial score (nSPS) is 10.6. The molecule has 0 atom stereocenters. The molecule has 0 saturated heterocycles. The Balaban J connectivity index is 2.40. The molecule has 0 amide bonds. The second-order valence-corrected chi connectivity index (χ2v) is 4.82. The molecule has 0 bridgehead atoms. The SMILES string of the molecule is Cc1nnc(Sc2ccc(Cl)cc2[N+](=O)[O-])n1N. The van der Waals surface area contributed by atoms with Crippen LogP contribution in [-0.2, 0) is 0 Å². The Morgan fingerprint density at radius 2 is 2.22 bits per heavy atom. The van der Waals surface area contributed by atoms with Crippen LogP contribution in [0.1, 0.15) is 5.82 Å². The fourth-order valence-electron chi connectivity index (χ4n) is 1.24. The van der Waals surface area contributed by atoms with E-state index in [0.29, 0.717) is 20.9 Å². The van der Waals surface area contributed by atoms with E-state index < -0.39 is 4.92 Å². The Kier molecular flexibility index (Phi) is 3.39. The van der Waals surface area contributed by atoms with Crippen molar-refractivity contribution in [1.29, 1.82) is 0 Å². The average molecular weight is 286 g/mol. The highest BCUT2D eigenvalue weighted by atomic mass is 35.5. The predicted molar refractivity (Wildman–Crippen MR) is 67.1 cm³/mol. The maximum Gasteiger partial charge on any atom is 0.284 e. The van der Waals surface area contributed by atoms with E-state index in [1.165, 1.54) is 10.7 Å². The van der Waals surface area contributed by atoms with Gasteiger partial charge in [0.05, 0.1) is 9.82 Å². The number of nitrogens with zero attached hydrogens (tertiary/aromatic N) is 4. The third kappa shape index (κ3) is 2.39. The van der Waals surface area contributed by atoms with Crippen molar-refractivity contribution < 1.29 is 4.92 Å². The summed E-state index contributed by atoms with van der Waals surface area (Å²) in [6.45, 7) is 1.69. The van der Waals surface area contributed by atoms with Crippen LogP contribution in [-0.4, -0.2) is 19.8 Å². The molecule has 18 heavy (non-hydrogen) atoms. The fourth-order valence-corrected chi connectivity index (χ4v) is 2.29. The number of hydrogen-bond donors (Lipinski definition) is 1. The molecule has 1 aromatic heterocycles. The number of nitro benzene ring substituents is 1. The zero-order valence-electron chi connectivity index (χ0n) is 9.20. The predicted octanol–water partition coefficient (Wildman–Crippen LogP) is 2.01. The van der Waals surface area contributed by atoms with Gasteiger partial charge in [0.1, 0.15) is 5.82 Å².